The molecule has 134 valence electrons. The first-order chi connectivity index (χ1) is 11.9. The average molecular weight is 444 g/mol. The van der Waals surface area contributed by atoms with Crippen LogP contribution in [0.5, 0.6) is 0 Å². The number of hydrogen-bond donors (Lipinski definition) is 1. The second-order valence-corrected chi connectivity index (χ2v) is 10.2. The van der Waals surface area contributed by atoms with Crippen molar-refractivity contribution in [2.75, 3.05) is 11.9 Å². The van der Waals surface area contributed by atoms with E-state index in [1.165, 1.54) is 15.6 Å². The van der Waals surface area contributed by atoms with E-state index in [9.17, 15) is 13.2 Å². The third-order valence-electron chi connectivity index (χ3n) is 4.09. The number of sulfonamides is 1. The Labute approximate surface area is 159 Å². The number of nitrogens with one attached hydrogen (secondary N) is 1. The topological polar surface area (TPSA) is 79.4 Å². The van der Waals surface area contributed by atoms with Gasteiger partial charge in [-0.3, -0.25) is 4.79 Å². The lowest BCUT2D eigenvalue weighted by Crippen LogP contribution is -2.49. The van der Waals surface area contributed by atoms with Gasteiger partial charge in [-0.15, -0.1) is 0 Å². The Morgan fingerprint density at radius 1 is 1.32 bits per heavy atom. The summed E-state index contributed by atoms with van der Waals surface area (Å²) >= 11 is 4.59. The minimum atomic E-state index is -3.71. The van der Waals surface area contributed by atoms with E-state index < -0.39 is 16.1 Å². The monoisotopic (exact) mass is 443 g/mol. The van der Waals surface area contributed by atoms with E-state index >= 15 is 0 Å². The third-order valence-corrected chi connectivity index (χ3v) is 7.41. The molecule has 9 heteroatoms. The summed E-state index contributed by atoms with van der Waals surface area (Å²) in [6.45, 7) is 2.25. The number of thiazole rings is 1. The number of carbonyl (C=O) groups excluding carboxylic acids is 1. The van der Waals surface area contributed by atoms with Gasteiger partial charge in [0.15, 0.2) is 5.13 Å². The maximum atomic E-state index is 13.0. The second kappa shape index (κ2) is 7.53. The van der Waals surface area contributed by atoms with Crippen LogP contribution in [0.3, 0.4) is 0 Å². The van der Waals surface area contributed by atoms with Crippen LogP contribution in [-0.4, -0.2) is 36.2 Å². The van der Waals surface area contributed by atoms with Crippen LogP contribution in [0.15, 0.2) is 39.1 Å². The molecular formula is C16H18BrN3O3S2. The fourth-order valence-corrected chi connectivity index (χ4v) is 5.57. The van der Waals surface area contributed by atoms with Crippen LogP contribution < -0.4 is 5.32 Å². The Morgan fingerprint density at radius 3 is 2.68 bits per heavy atom. The van der Waals surface area contributed by atoms with Crippen molar-refractivity contribution in [3.8, 4) is 0 Å². The molecule has 1 aromatic carbocycles. The molecule has 1 saturated heterocycles. The minimum Gasteiger partial charge on any atom is -0.301 e. The number of aromatic nitrogens is 1. The van der Waals surface area contributed by atoms with Gasteiger partial charge in [0.1, 0.15) is 6.04 Å². The number of amides is 1. The van der Waals surface area contributed by atoms with Gasteiger partial charge in [0.25, 0.3) is 0 Å². The van der Waals surface area contributed by atoms with Crippen molar-refractivity contribution in [3.05, 3.63) is 39.8 Å². The van der Waals surface area contributed by atoms with Gasteiger partial charge in [-0.1, -0.05) is 35.5 Å². The second-order valence-electron chi connectivity index (χ2n) is 5.90. The molecule has 1 aliphatic heterocycles. The lowest BCUT2D eigenvalue weighted by molar-refractivity contribution is -0.120. The molecule has 0 unspecified atom stereocenters. The molecule has 2 heterocycles. The first-order valence-electron chi connectivity index (χ1n) is 7.88. The van der Waals surface area contributed by atoms with Crippen LogP contribution in [-0.2, 0) is 14.8 Å². The number of halogens is 1. The van der Waals surface area contributed by atoms with Crippen molar-refractivity contribution in [1.82, 2.24) is 9.29 Å². The van der Waals surface area contributed by atoms with Crippen LogP contribution in [0.1, 0.15) is 24.8 Å². The molecule has 6 nitrogen and oxygen atoms in total. The summed E-state index contributed by atoms with van der Waals surface area (Å²) in [6.07, 6.45) is 3.67. The molecule has 0 bridgehead atoms. The summed E-state index contributed by atoms with van der Waals surface area (Å²) in [6, 6.07) is 5.99. The molecule has 0 aliphatic carbocycles. The van der Waals surface area contributed by atoms with E-state index in [1.54, 1.807) is 30.5 Å². The average Bonchev–Trinajstić information content (AvgIpc) is 3.00. The summed E-state index contributed by atoms with van der Waals surface area (Å²) < 4.78 is 28.1. The van der Waals surface area contributed by atoms with Crippen molar-refractivity contribution in [1.29, 1.82) is 0 Å². The molecule has 1 N–H and O–H groups in total. The summed E-state index contributed by atoms with van der Waals surface area (Å²) in [7, 11) is -3.71. The predicted octanol–water partition coefficient (Wildman–Crippen LogP) is 3.40. The Balaban J connectivity index is 1.84. The van der Waals surface area contributed by atoms with Crippen molar-refractivity contribution in [3.63, 3.8) is 0 Å². The lowest BCUT2D eigenvalue weighted by atomic mass is 10.0. The van der Waals surface area contributed by atoms with E-state index in [0.29, 0.717) is 18.1 Å². The molecule has 1 aromatic heterocycles. The molecule has 1 fully saturated rings. The molecule has 1 amide bonds. The molecule has 25 heavy (non-hydrogen) atoms. The van der Waals surface area contributed by atoms with E-state index in [-0.39, 0.29) is 10.8 Å². The van der Waals surface area contributed by atoms with Crippen LogP contribution in [0.25, 0.3) is 0 Å². The SMILES string of the molecule is Cc1ccc(S(=O)(=O)N2CCCC[C@@H]2C(=O)Nc2ncc(Br)s2)cc1. The van der Waals surface area contributed by atoms with Crippen LogP contribution in [0.2, 0.25) is 0 Å². The van der Waals surface area contributed by atoms with E-state index in [2.05, 4.69) is 26.2 Å². The molecule has 2 aromatic rings. The van der Waals surface area contributed by atoms with Gasteiger partial charge in [-0.2, -0.15) is 4.31 Å². The smallest absolute Gasteiger partial charge is 0.244 e. The van der Waals surface area contributed by atoms with E-state index in [0.717, 1.165) is 22.2 Å². The summed E-state index contributed by atoms with van der Waals surface area (Å²) in [5.74, 6) is -0.336. The number of benzene rings is 1. The summed E-state index contributed by atoms with van der Waals surface area (Å²) in [5, 5.41) is 3.18. The van der Waals surface area contributed by atoms with Crippen molar-refractivity contribution >= 4 is 48.3 Å². The van der Waals surface area contributed by atoms with Gasteiger partial charge < -0.3 is 5.32 Å². The van der Waals surface area contributed by atoms with Crippen LogP contribution in [0.4, 0.5) is 5.13 Å². The Morgan fingerprint density at radius 2 is 2.04 bits per heavy atom. The summed E-state index contributed by atoms with van der Waals surface area (Å²) in [4.78, 5) is 16.9. The number of anilines is 1. The standard InChI is InChI=1S/C16H18BrN3O3S2/c1-11-5-7-12(8-6-11)25(22,23)20-9-3-2-4-13(20)15(21)19-16-18-10-14(17)24-16/h5-8,10,13H,2-4,9H2,1H3,(H,18,19,21)/t13-/m1/s1. The number of hydrogen-bond acceptors (Lipinski definition) is 5. The zero-order chi connectivity index (χ0) is 18.0. The normalized spacial score (nSPS) is 18.9. The number of aryl methyl sites for hydroxylation is 1. The van der Waals surface area contributed by atoms with E-state index in [4.69, 9.17) is 0 Å². The first kappa shape index (κ1) is 18.5. The predicted molar refractivity (Wildman–Crippen MR) is 101 cm³/mol. The zero-order valence-corrected chi connectivity index (χ0v) is 16.8. The maximum Gasteiger partial charge on any atom is 0.244 e. The molecule has 1 atom stereocenters. The Hall–Kier alpha value is -1.29. The Bertz CT molecular complexity index is 865. The van der Waals surface area contributed by atoms with Gasteiger partial charge in [-0.05, 0) is 47.8 Å². The van der Waals surface area contributed by atoms with Gasteiger partial charge in [0.05, 0.1) is 14.9 Å². The minimum absolute atomic E-state index is 0.217. The highest BCUT2D eigenvalue weighted by molar-refractivity contribution is 9.11. The number of piperidine rings is 1. The fraction of sp³-hybridized carbons (Fsp3) is 0.375. The molecule has 1 aliphatic rings. The highest BCUT2D eigenvalue weighted by Gasteiger charge is 2.37. The quantitative estimate of drug-likeness (QED) is 0.784. The third kappa shape index (κ3) is 4.11. The van der Waals surface area contributed by atoms with E-state index in [1.807, 2.05) is 6.92 Å². The zero-order valence-electron chi connectivity index (χ0n) is 13.6. The van der Waals surface area contributed by atoms with Crippen molar-refractivity contribution in [2.45, 2.75) is 37.1 Å². The molecule has 3 rings (SSSR count). The largest absolute Gasteiger partial charge is 0.301 e. The number of rotatable bonds is 4. The first-order valence-corrected chi connectivity index (χ1v) is 10.9. The molecule has 0 saturated carbocycles. The van der Waals surface area contributed by atoms with Gasteiger partial charge in [-0.25, -0.2) is 13.4 Å². The lowest BCUT2D eigenvalue weighted by Gasteiger charge is -2.33. The van der Waals surface area contributed by atoms with Crippen LogP contribution in [0, 0.1) is 6.92 Å². The fourth-order valence-electron chi connectivity index (χ4n) is 2.80. The summed E-state index contributed by atoms with van der Waals surface area (Å²) in [5.41, 5.74) is 0.987. The number of carbonyl (C=O) groups is 1. The highest BCUT2D eigenvalue weighted by Crippen LogP contribution is 2.28. The molecule has 0 spiro atoms. The number of nitrogens with zero attached hydrogens (tertiary/aromatic N) is 2. The Kier molecular flexibility index (Phi) is 5.57. The van der Waals surface area contributed by atoms with Crippen molar-refractivity contribution < 1.29 is 13.2 Å². The van der Waals surface area contributed by atoms with Crippen molar-refractivity contribution in [2.24, 2.45) is 0 Å². The van der Waals surface area contributed by atoms with Crippen LogP contribution >= 0.6 is 27.3 Å². The molecule has 0 radical (unpaired) electrons. The van der Waals surface area contributed by atoms with Gasteiger partial charge >= 0.3 is 0 Å². The highest BCUT2D eigenvalue weighted by atomic mass is 79.9. The van der Waals surface area contributed by atoms with Gasteiger partial charge in [0.2, 0.25) is 15.9 Å². The maximum absolute atomic E-state index is 13.0. The van der Waals surface area contributed by atoms with Gasteiger partial charge in [0, 0.05) is 6.54 Å². The molecular weight excluding hydrogens is 426 g/mol.